The first kappa shape index (κ1) is 17.1. The van der Waals surface area contributed by atoms with Crippen molar-refractivity contribution in [3.05, 3.63) is 120 Å². The number of fused-ring (bicyclic) bond motifs is 3. The van der Waals surface area contributed by atoms with Crippen molar-refractivity contribution in [3.8, 4) is 22.3 Å². The molecule has 0 spiro atoms. The van der Waals surface area contributed by atoms with Gasteiger partial charge in [-0.2, -0.15) is 0 Å². The Bertz CT molecular complexity index is 1370. The lowest BCUT2D eigenvalue weighted by atomic mass is 9.96. The molecule has 1 heteroatoms. The summed E-state index contributed by atoms with van der Waals surface area (Å²) >= 11 is 0. The van der Waals surface area contributed by atoms with Crippen LogP contribution in [-0.4, -0.2) is 0 Å². The Morgan fingerprint density at radius 3 is 1.93 bits per heavy atom. The molecule has 1 nitrogen and oxygen atoms in total. The van der Waals surface area contributed by atoms with Gasteiger partial charge in [-0.05, 0) is 74.8 Å². The molecule has 0 heterocycles. The van der Waals surface area contributed by atoms with Gasteiger partial charge in [0, 0.05) is 11.4 Å². The van der Waals surface area contributed by atoms with E-state index >= 15 is 0 Å². The maximum atomic E-state index is 3.46. The molecular formula is C29H21N. The summed E-state index contributed by atoms with van der Waals surface area (Å²) in [6.07, 6.45) is 0.931. The highest BCUT2D eigenvalue weighted by Crippen LogP contribution is 2.47. The molecule has 1 aliphatic rings. The molecule has 1 N–H and O–H groups in total. The minimum Gasteiger partial charge on any atom is -0.356 e. The predicted molar refractivity (Wildman–Crippen MR) is 127 cm³/mol. The summed E-state index contributed by atoms with van der Waals surface area (Å²) in [5, 5.41) is 6.18. The Hall–Kier alpha value is -3.84. The van der Waals surface area contributed by atoms with Crippen LogP contribution in [0.4, 0.5) is 11.4 Å². The van der Waals surface area contributed by atoms with Gasteiger partial charge in [-0.15, -0.1) is 0 Å². The summed E-state index contributed by atoms with van der Waals surface area (Å²) < 4.78 is 0. The van der Waals surface area contributed by atoms with Gasteiger partial charge in [0.15, 0.2) is 0 Å². The lowest BCUT2D eigenvalue weighted by Crippen LogP contribution is -1.92. The van der Waals surface area contributed by atoms with E-state index in [1.54, 1.807) is 0 Å². The van der Waals surface area contributed by atoms with Crippen molar-refractivity contribution in [1.82, 2.24) is 0 Å². The third-order valence-electron chi connectivity index (χ3n) is 5.97. The minimum absolute atomic E-state index is 0.931. The molecule has 0 unspecified atom stereocenters. The number of anilines is 2. The zero-order valence-electron chi connectivity index (χ0n) is 16.6. The Kier molecular flexibility index (Phi) is 3.92. The molecule has 0 amide bonds. The van der Waals surface area contributed by atoms with Crippen molar-refractivity contribution in [2.24, 2.45) is 0 Å². The van der Waals surface area contributed by atoms with E-state index in [0.29, 0.717) is 0 Å². The van der Waals surface area contributed by atoms with Crippen molar-refractivity contribution >= 4 is 22.1 Å². The van der Waals surface area contributed by atoms with E-state index in [0.717, 1.165) is 17.8 Å². The van der Waals surface area contributed by atoms with Crippen molar-refractivity contribution in [1.29, 1.82) is 0 Å². The topological polar surface area (TPSA) is 12.0 Å². The molecule has 0 radical (unpaired) electrons. The van der Waals surface area contributed by atoms with E-state index in [4.69, 9.17) is 0 Å². The number of hydrogen-bond donors (Lipinski definition) is 1. The zero-order valence-corrected chi connectivity index (χ0v) is 16.6. The Morgan fingerprint density at radius 1 is 0.467 bits per heavy atom. The van der Waals surface area contributed by atoms with Gasteiger partial charge in [0.25, 0.3) is 0 Å². The maximum Gasteiger partial charge on any atom is 0.0384 e. The fraction of sp³-hybridized carbons (Fsp3) is 0.0345. The van der Waals surface area contributed by atoms with Crippen molar-refractivity contribution in [3.63, 3.8) is 0 Å². The predicted octanol–water partition coefficient (Wildman–Crippen LogP) is 7.82. The van der Waals surface area contributed by atoms with Crippen LogP contribution in [-0.2, 0) is 6.42 Å². The van der Waals surface area contributed by atoms with E-state index in [1.165, 1.54) is 44.2 Å². The fourth-order valence-corrected chi connectivity index (χ4v) is 4.61. The fourth-order valence-electron chi connectivity index (χ4n) is 4.61. The van der Waals surface area contributed by atoms with Gasteiger partial charge in [0.1, 0.15) is 0 Å². The number of hydrogen-bond acceptors (Lipinski definition) is 1. The molecule has 0 saturated heterocycles. The molecule has 0 atom stereocenters. The van der Waals surface area contributed by atoms with Gasteiger partial charge in [-0.1, -0.05) is 84.9 Å². The average molecular weight is 383 g/mol. The summed E-state index contributed by atoms with van der Waals surface area (Å²) in [5.74, 6) is 0. The molecule has 5 aromatic carbocycles. The minimum atomic E-state index is 0.931. The lowest BCUT2D eigenvalue weighted by molar-refractivity contribution is 1.20. The first-order chi connectivity index (χ1) is 14.8. The Balaban J connectivity index is 1.33. The quantitative estimate of drug-likeness (QED) is 0.327. The second kappa shape index (κ2) is 6.89. The third kappa shape index (κ3) is 2.87. The molecule has 5 aromatic rings. The van der Waals surface area contributed by atoms with E-state index < -0.39 is 0 Å². The van der Waals surface area contributed by atoms with Gasteiger partial charge in [0.05, 0.1) is 0 Å². The number of para-hydroxylation sites is 1. The molecule has 30 heavy (non-hydrogen) atoms. The van der Waals surface area contributed by atoms with Crippen molar-refractivity contribution in [2.45, 2.75) is 6.42 Å². The van der Waals surface area contributed by atoms with Crippen LogP contribution in [0.1, 0.15) is 11.1 Å². The SMILES string of the molecule is c1ccc(Nc2ccc(Cc3cc4c5c(cccc5c3)-c3ccccc3-4)cc2)cc1. The summed E-state index contributed by atoms with van der Waals surface area (Å²) in [4.78, 5) is 0. The molecule has 0 bridgehead atoms. The van der Waals surface area contributed by atoms with E-state index in [-0.39, 0.29) is 0 Å². The van der Waals surface area contributed by atoms with E-state index in [2.05, 4.69) is 96.3 Å². The van der Waals surface area contributed by atoms with Crippen LogP contribution in [0.15, 0.2) is 109 Å². The first-order valence-corrected chi connectivity index (χ1v) is 10.4. The average Bonchev–Trinajstić information content (AvgIpc) is 3.11. The highest BCUT2D eigenvalue weighted by Gasteiger charge is 2.21. The molecule has 0 aliphatic heterocycles. The van der Waals surface area contributed by atoms with Gasteiger partial charge < -0.3 is 5.32 Å². The zero-order chi connectivity index (χ0) is 19.9. The molecule has 1 aliphatic carbocycles. The monoisotopic (exact) mass is 383 g/mol. The molecule has 6 rings (SSSR count). The summed E-state index contributed by atoms with van der Waals surface area (Å²) in [6, 6.07) is 39.2. The van der Waals surface area contributed by atoms with Gasteiger partial charge >= 0.3 is 0 Å². The van der Waals surface area contributed by atoms with Crippen LogP contribution in [0.2, 0.25) is 0 Å². The standard InChI is InChI=1S/C29H21N/c1-2-8-23(9-3-1)30-24-15-13-20(14-16-24)17-21-18-22-7-6-12-27-25-10-4-5-11-26(25)28(19-21)29(22)27/h1-16,18-19,30H,17H2. The van der Waals surface area contributed by atoms with Crippen molar-refractivity contribution < 1.29 is 0 Å². The highest BCUT2D eigenvalue weighted by atomic mass is 14.9. The van der Waals surface area contributed by atoms with Crippen LogP contribution in [0, 0.1) is 0 Å². The van der Waals surface area contributed by atoms with Crippen LogP contribution in [0.3, 0.4) is 0 Å². The van der Waals surface area contributed by atoms with Crippen LogP contribution >= 0.6 is 0 Å². The normalized spacial score (nSPS) is 11.5. The van der Waals surface area contributed by atoms with Gasteiger partial charge in [-0.25, -0.2) is 0 Å². The smallest absolute Gasteiger partial charge is 0.0384 e. The summed E-state index contributed by atoms with van der Waals surface area (Å²) in [7, 11) is 0. The number of benzene rings is 5. The van der Waals surface area contributed by atoms with E-state index in [9.17, 15) is 0 Å². The molecule has 0 fully saturated rings. The maximum absolute atomic E-state index is 3.46. The summed E-state index contributed by atoms with van der Waals surface area (Å²) in [6.45, 7) is 0. The third-order valence-corrected chi connectivity index (χ3v) is 5.97. The van der Waals surface area contributed by atoms with Crippen molar-refractivity contribution in [2.75, 3.05) is 5.32 Å². The second-order valence-corrected chi connectivity index (χ2v) is 7.96. The number of nitrogens with one attached hydrogen (secondary N) is 1. The second-order valence-electron chi connectivity index (χ2n) is 7.96. The van der Waals surface area contributed by atoms with E-state index in [1.807, 2.05) is 18.2 Å². The van der Waals surface area contributed by atoms with Gasteiger partial charge in [-0.3, -0.25) is 0 Å². The van der Waals surface area contributed by atoms with Gasteiger partial charge in [0.2, 0.25) is 0 Å². The Morgan fingerprint density at radius 2 is 1.13 bits per heavy atom. The first-order valence-electron chi connectivity index (χ1n) is 10.4. The Labute approximate surface area is 176 Å². The van der Waals surface area contributed by atoms with Crippen LogP contribution < -0.4 is 5.32 Å². The highest BCUT2D eigenvalue weighted by molar-refractivity contribution is 6.15. The molecule has 0 saturated carbocycles. The lowest BCUT2D eigenvalue weighted by Gasteiger charge is -2.10. The van der Waals surface area contributed by atoms with Crippen LogP contribution in [0.5, 0.6) is 0 Å². The molecular weight excluding hydrogens is 362 g/mol. The number of rotatable bonds is 4. The molecule has 0 aromatic heterocycles. The summed E-state index contributed by atoms with van der Waals surface area (Å²) in [5.41, 5.74) is 10.3. The van der Waals surface area contributed by atoms with Crippen LogP contribution in [0.25, 0.3) is 33.0 Å². The largest absolute Gasteiger partial charge is 0.356 e. The molecule has 142 valence electrons.